The predicted octanol–water partition coefficient (Wildman–Crippen LogP) is 3.56. The van der Waals surface area contributed by atoms with Crippen molar-refractivity contribution in [1.29, 1.82) is 0 Å². The third kappa shape index (κ3) is 4.28. The first-order valence-corrected chi connectivity index (χ1v) is 7.23. The van der Waals surface area contributed by atoms with E-state index in [0.717, 1.165) is 16.8 Å². The minimum Gasteiger partial charge on any atom is -0.364 e. The SMILES string of the molecule is Cc1ccc(NC(=O)c2cnc(NC(C)(C)C)cn2)c(C)c1. The maximum Gasteiger partial charge on any atom is 0.275 e. The van der Waals surface area contributed by atoms with E-state index in [4.69, 9.17) is 0 Å². The maximum absolute atomic E-state index is 12.2. The van der Waals surface area contributed by atoms with E-state index in [1.54, 1.807) is 6.20 Å². The molecule has 0 radical (unpaired) electrons. The van der Waals surface area contributed by atoms with Crippen LogP contribution in [0.15, 0.2) is 30.6 Å². The number of nitrogens with zero attached hydrogens (tertiary/aromatic N) is 2. The van der Waals surface area contributed by atoms with Crippen molar-refractivity contribution in [3.8, 4) is 0 Å². The molecule has 22 heavy (non-hydrogen) atoms. The van der Waals surface area contributed by atoms with Crippen LogP contribution in [0.25, 0.3) is 0 Å². The average molecular weight is 298 g/mol. The molecule has 5 heteroatoms. The third-order valence-electron chi connectivity index (χ3n) is 3.02. The van der Waals surface area contributed by atoms with Gasteiger partial charge in [0.15, 0.2) is 0 Å². The van der Waals surface area contributed by atoms with Crippen molar-refractivity contribution in [3.63, 3.8) is 0 Å². The Morgan fingerprint density at radius 1 is 1.09 bits per heavy atom. The number of aryl methyl sites for hydroxylation is 2. The maximum atomic E-state index is 12.2. The van der Waals surface area contributed by atoms with Crippen molar-refractivity contribution < 1.29 is 4.79 Å². The number of benzene rings is 1. The number of anilines is 2. The molecule has 1 amide bonds. The molecule has 0 bridgehead atoms. The summed E-state index contributed by atoms with van der Waals surface area (Å²) in [4.78, 5) is 20.6. The average Bonchev–Trinajstić information content (AvgIpc) is 2.41. The van der Waals surface area contributed by atoms with Gasteiger partial charge in [-0.3, -0.25) is 4.79 Å². The highest BCUT2D eigenvalue weighted by molar-refractivity contribution is 6.03. The Kier molecular flexibility index (Phi) is 4.45. The second-order valence-electron chi connectivity index (χ2n) is 6.43. The van der Waals surface area contributed by atoms with Crippen LogP contribution in [-0.2, 0) is 0 Å². The Morgan fingerprint density at radius 3 is 2.36 bits per heavy atom. The summed E-state index contributed by atoms with van der Waals surface area (Å²) >= 11 is 0. The first kappa shape index (κ1) is 15.9. The van der Waals surface area contributed by atoms with E-state index in [0.29, 0.717) is 11.5 Å². The topological polar surface area (TPSA) is 66.9 Å². The minimum atomic E-state index is -0.262. The third-order valence-corrected chi connectivity index (χ3v) is 3.02. The van der Waals surface area contributed by atoms with Gasteiger partial charge in [0.05, 0.1) is 12.4 Å². The Morgan fingerprint density at radius 2 is 1.82 bits per heavy atom. The van der Waals surface area contributed by atoms with Crippen LogP contribution in [0.3, 0.4) is 0 Å². The molecule has 0 saturated carbocycles. The van der Waals surface area contributed by atoms with Gasteiger partial charge in [-0.05, 0) is 46.2 Å². The second-order valence-corrected chi connectivity index (χ2v) is 6.43. The molecule has 1 heterocycles. The van der Waals surface area contributed by atoms with Crippen molar-refractivity contribution in [2.75, 3.05) is 10.6 Å². The minimum absolute atomic E-state index is 0.0997. The quantitative estimate of drug-likeness (QED) is 0.909. The lowest BCUT2D eigenvalue weighted by atomic mass is 10.1. The van der Waals surface area contributed by atoms with Crippen molar-refractivity contribution in [1.82, 2.24) is 9.97 Å². The fraction of sp³-hybridized carbons (Fsp3) is 0.353. The first-order valence-electron chi connectivity index (χ1n) is 7.23. The van der Waals surface area contributed by atoms with Gasteiger partial charge in [0.1, 0.15) is 11.5 Å². The molecule has 0 saturated heterocycles. The van der Waals surface area contributed by atoms with Gasteiger partial charge < -0.3 is 10.6 Å². The van der Waals surface area contributed by atoms with Gasteiger partial charge in [-0.25, -0.2) is 9.97 Å². The Bertz CT molecular complexity index is 672. The molecule has 0 aliphatic carbocycles. The summed E-state index contributed by atoms with van der Waals surface area (Å²) in [6.45, 7) is 10.1. The van der Waals surface area contributed by atoms with Crippen LogP contribution < -0.4 is 10.6 Å². The summed E-state index contributed by atoms with van der Waals surface area (Å²) < 4.78 is 0. The van der Waals surface area contributed by atoms with Crippen LogP contribution in [0.2, 0.25) is 0 Å². The van der Waals surface area contributed by atoms with Gasteiger partial charge in [-0.1, -0.05) is 17.7 Å². The number of aromatic nitrogens is 2. The van der Waals surface area contributed by atoms with Crippen LogP contribution in [-0.4, -0.2) is 21.4 Å². The highest BCUT2D eigenvalue weighted by Gasteiger charge is 2.13. The normalized spacial score (nSPS) is 11.1. The van der Waals surface area contributed by atoms with E-state index < -0.39 is 0 Å². The molecular formula is C17H22N4O. The van der Waals surface area contributed by atoms with Gasteiger partial charge in [-0.2, -0.15) is 0 Å². The number of rotatable bonds is 3. The van der Waals surface area contributed by atoms with E-state index in [1.165, 1.54) is 6.20 Å². The van der Waals surface area contributed by atoms with E-state index in [1.807, 2.05) is 52.8 Å². The summed E-state index contributed by atoms with van der Waals surface area (Å²) in [6, 6.07) is 5.88. The molecule has 0 aliphatic rings. The standard InChI is InChI=1S/C17H22N4O/c1-11-6-7-13(12(2)8-11)20-16(22)14-9-19-15(10-18-14)21-17(3,4)5/h6-10H,1-5H3,(H,19,21)(H,20,22). The van der Waals surface area contributed by atoms with E-state index >= 15 is 0 Å². The molecule has 0 spiro atoms. The number of hydrogen-bond donors (Lipinski definition) is 2. The molecule has 116 valence electrons. The van der Waals surface area contributed by atoms with Crippen LogP contribution in [0.5, 0.6) is 0 Å². The number of carbonyl (C=O) groups excluding carboxylic acids is 1. The molecule has 0 unspecified atom stereocenters. The smallest absolute Gasteiger partial charge is 0.275 e. The van der Waals surface area contributed by atoms with Crippen molar-refractivity contribution in [2.45, 2.75) is 40.2 Å². The zero-order valence-corrected chi connectivity index (χ0v) is 13.7. The molecule has 1 aromatic heterocycles. The fourth-order valence-electron chi connectivity index (χ4n) is 2.03. The lowest BCUT2D eigenvalue weighted by Crippen LogP contribution is -2.27. The van der Waals surface area contributed by atoms with Gasteiger partial charge in [0.2, 0.25) is 0 Å². The van der Waals surface area contributed by atoms with E-state index in [9.17, 15) is 4.79 Å². The summed E-state index contributed by atoms with van der Waals surface area (Å²) in [5.74, 6) is 0.386. The van der Waals surface area contributed by atoms with E-state index in [2.05, 4.69) is 20.6 Å². The first-order chi connectivity index (χ1) is 10.2. The molecule has 5 nitrogen and oxygen atoms in total. The number of hydrogen-bond acceptors (Lipinski definition) is 4. The highest BCUT2D eigenvalue weighted by Crippen LogP contribution is 2.17. The van der Waals surface area contributed by atoms with Crippen LogP contribution in [0, 0.1) is 13.8 Å². The summed E-state index contributed by atoms with van der Waals surface area (Å²) in [5.41, 5.74) is 3.16. The van der Waals surface area contributed by atoms with Crippen LogP contribution >= 0.6 is 0 Å². The Balaban J connectivity index is 2.10. The summed E-state index contributed by atoms with van der Waals surface area (Å²) in [5, 5.41) is 6.07. The zero-order valence-electron chi connectivity index (χ0n) is 13.7. The van der Waals surface area contributed by atoms with Gasteiger partial charge >= 0.3 is 0 Å². The summed E-state index contributed by atoms with van der Waals surface area (Å²) in [6.07, 6.45) is 3.05. The van der Waals surface area contributed by atoms with E-state index in [-0.39, 0.29) is 11.4 Å². The lowest BCUT2D eigenvalue weighted by Gasteiger charge is -2.20. The van der Waals surface area contributed by atoms with Gasteiger partial charge in [-0.15, -0.1) is 0 Å². The molecule has 1 aromatic carbocycles. The molecule has 0 aliphatic heterocycles. The summed E-state index contributed by atoms with van der Waals surface area (Å²) in [7, 11) is 0. The number of amides is 1. The fourth-order valence-corrected chi connectivity index (χ4v) is 2.03. The second kappa shape index (κ2) is 6.13. The monoisotopic (exact) mass is 298 g/mol. The molecule has 0 atom stereocenters. The lowest BCUT2D eigenvalue weighted by molar-refractivity contribution is 0.102. The number of nitrogens with one attached hydrogen (secondary N) is 2. The number of carbonyl (C=O) groups is 1. The van der Waals surface area contributed by atoms with Gasteiger partial charge in [0.25, 0.3) is 5.91 Å². The molecule has 0 fully saturated rings. The Hall–Kier alpha value is -2.43. The van der Waals surface area contributed by atoms with Crippen LogP contribution in [0.4, 0.5) is 11.5 Å². The molecule has 2 rings (SSSR count). The molecular weight excluding hydrogens is 276 g/mol. The zero-order chi connectivity index (χ0) is 16.3. The van der Waals surface area contributed by atoms with Crippen molar-refractivity contribution >= 4 is 17.4 Å². The largest absolute Gasteiger partial charge is 0.364 e. The van der Waals surface area contributed by atoms with Gasteiger partial charge in [0, 0.05) is 11.2 Å². The Labute approximate surface area is 131 Å². The van der Waals surface area contributed by atoms with Crippen molar-refractivity contribution in [2.24, 2.45) is 0 Å². The predicted molar refractivity (Wildman–Crippen MR) is 89.3 cm³/mol. The van der Waals surface area contributed by atoms with Crippen molar-refractivity contribution in [3.05, 3.63) is 47.4 Å². The molecule has 2 aromatic rings. The molecule has 2 N–H and O–H groups in total. The highest BCUT2D eigenvalue weighted by atomic mass is 16.1. The van der Waals surface area contributed by atoms with Crippen LogP contribution in [0.1, 0.15) is 42.4 Å².